The smallest absolute Gasteiger partial charge is 0.0267 e. The number of hydrogen-bond acceptors (Lipinski definition) is 2. The van der Waals surface area contributed by atoms with Crippen LogP contribution in [0.1, 0.15) is 78.1 Å². The van der Waals surface area contributed by atoms with Crippen molar-refractivity contribution in [3.63, 3.8) is 0 Å². The molecule has 2 aliphatic rings. The Balaban J connectivity index is 1.88. The summed E-state index contributed by atoms with van der Waals surface area (Å²) in [6.07, 6.45) is 14.1. The normalized spacial score (nSPS) is 38.1. The molecule has 0 aliphatic heterocycles. The number of rotatable bonds is 5. The molecule has 2 fully saturated rings. The predicted molar refractivity (Wildman–Crippen MR) is 82.6 cm³/mol. The van der Waals surface area contributed by atoms with Crippen LogP contribution in [0, 0.1) is 23.7 Å². The van der Waals surface area contributed by atoms with Gasteiger partial charge in [-0.2, -0.15) is 0 Å². The average Bonchev–Trinajstić information content (AvgIpc) is 2.49. The molecule has 3 N–H and O–H groups in total. The van der Waals surface area contributed by atoms with Crippen molar-refractivity contribution >= 4 is 0 Å². The number of nitrogens with one attached hydrogen (secondary N) is 1. The van der Waals surface area contributed by atoms with E-state index in [9.17, 15) is 0 Å². The van der Waals surface area contributed by atoms with Gasteiger partial charge in [-0.25, -0.2) is 0 Å². The van der Waals surface area contributed by atoms with E-state index in [1.54, 1.807) is 0 Å². The molecule has 2 rings (SSSR count). The second-order valence-electron chi connectivity index (χ2n) is 7.08. The van der Waals surface area contributed by atoms with Crippen LogP contribution in [0.15, 0.2) is 0 Å². The van der Waals surface area contributed by atoms with E-state index in [1.807, 2.05) is 0 Å². The van der Waals surface area contributed by atoms with E-state index in [4.69, 9.17) is 5.84 Å². The standard InChI is InChI=1S/C17H34N2/c1-3-13-8-10-15(11-9-13)17(19-18)16-7-5-6-14(4-2)12-16/h13-17,19H,3-12,18H2,1-2H3. The lowest BCUT2D eigenvalue weighted by Gasteiger charge is -2.40. The van der Waals surface area contributed by atoms with Crippen molar-refractivity contribution in [2.75, 3.05) is 0 Å². The van der Waals surface area contributed by atoms with Crippen molar-refractivity contribution in [3.8, 4) is 0 Å². The molecule has 2 saturated carbocycles. The minimum atomic E-state index is 0.590. The van der Waals surface area contributed by atoms with Gasteiger partial charge in [-0.05, 0) is 49.4 Å². The highest BCUT2D eigenvalue weighted by Crippen LogP contribution is 2.39. The van der Waals surface area contributed by atoms with Crippen LogP contribution >= 0.6 is 0 Å². The lowest BCUT2D eigenvalue weighted by Crippen LogP contribution is -2.48. The van der Waals surface area contributed by atoms with Crippen molar-refractivity contribution in [3.05, 3.63) is 0 Å². The fourth-order valence-electron chi connectivity index (χ4n) is 4.64. The molecule has 0 bridgehead atoms. The van der Waals surface area contributed by atoms with Gasteiger partial charge >= 0.3 is 0 Å². The van der Waals surface area contributed by atoms with Gasteiger partial charge in [0, 0.05) is 6.04 Å². The highest BCUT2D eigenvalue weighted by atomic mass is 15.2. The molecule has 0 aromatic heterocycles. The van der Waals surface area contributed by atoms with Gasteiger partial charge in [0.1, 0.15) is 0 Å². The van der Waals surface area contributed by atoms with E-state index >= 15 is 0 Å². The summed E-state index contributed by atoms with van der Waals surface area (Å²) in [5.74, 6) is 9.57. The average molecular weight is 266 g/mol. The van der Waals surface area contributed by atoms with Crippen LogP contribution in [-0.4, -0.2) is 6.04 Å². The SMILES string of the molecule is CCC1CCC(C(NN)C2CCCC(CC)C2)CC1. The Morgan fingerprint density at radius 3 is 2.16 bits per heavy atom. The summed E-state index contributed by atoms with van der Waals surface area (Å²) in [6.45, 7) is 4.70. The van der Waals surface area contributed by atoms with Crippen molar-refractivity contribution in [1.82, 2.24) is 5.43 Å². The lowest BCUT2D eigenvalue weighted by atomic mass is 9.69. The molecule has 2 heteroatoms. The molecule has 0 saturated heterocycles. The minimum absolute atomic E-state index is 0.590. The van der Waals surface area contributed by atoms with Crippen LogP contribution in [0.3, 0.4) is 0 Å². The Morgan fingerprint density at radius 1 is 0.895 bits per heavy atom. The maximum atomic E-state index is 5.94. The van der Waals surface area contributed by atoms with Crippen LogP contribution < -0.4 is 11.3 Å². The van der Waals surface area contributed by atoms with Gasteiger partial charge in [-0.3, -0.25) is 11.3 Å². The van der Waals surface area contributed by atoms with Gasteiger partial charge in [0.25, 0.3) is 0 Å². The van der Waals surface area contributed by atoms with E-state index in [-0.39, 0.29) is 0 Å². The van der Waals surface area contributed by atoms with Gasteiger partial charge in [0.05, 0.1) is 0 Å². The summed E-state index contributed by atoms with van der Waals surface area (Å²) in [5, 5.41) is 0. The molecule has 2 aliphatic carbocycles. The van der Waals surface area contributed by atoms with Crippen LogP contribution in [0.2, 0.25) is 0 Å². The third-order valence-corrected chi connectivity index (χ3v) is 6.08. The number of nitrogens with two attached hydrogens (primary N) is 1. The van der Waals surface area contributed by atoms with Gasteiger partial charge in [0.2, 0.25) is 0 Å². The summed E-state index contributed by atoms with van der Waals surface area (Å²) < 4.78 is 0. The third-order valence-electron chi connectivity index (χ3n) is 6.08. The fourth-order valence-corrected chi connectivity index (χ4v) is 4.64. The summed E-state index contributed by atoms with van der Waals surface area (Å²) in [6, 6.07) is 0.590. The zero-order chi connectivity index (χ0) is 13.7. The molecule has 2 nitrogen and oxygen atoms in total. The highest BCUT2D eigenvalue weighted by Gasteiger charge is 2.34. The molecule has 0 aromatic carbocycles. The summed E-state index contributed by atoms with van der Waals surface area (Å²) in [7, 11) is 0. The molecule has 0 heterocycles. The summed E-state index contributed by atoms with van der Waals surface area (Å²) in [4.78, 5) is 0. The molecule has 3 atom stereocenters. The van der Waals surface area contributed by atoms with Gasteiger partial charge < -0.3 is 0 Å². The van der Waals surface area contributed by atoms with E-state index in [0.29, 0.717) is 6.04 Å². The van der Waals surface area contributed by atoms with E-state index in [0.717, 1.165) is 23.7 Å². The van der Waals surface area contributed by atoms with E-state index in [1.165, 1.54) is 64.2 Å². The predicted octanol–water partition coefficient (Wildman–Crippen LogP) is 4.25. The maximum Gasteiger partial charge on any atom is 0.0267 e. The zero-order valence-corrected chi connectivity index (χ0v) is 13.0. The Hall–Kier alpha value is -0.0800. The Labute approximate surface area is 119 Å². The molecule has 0 radical (unpaired) electrons. The first-order valence-electron chi connectivity index (χ1n) is 8.74. The second-order valence-corrected chi connectivity index (χ2v) is 7.08. The number of hydrogen-bond donors (Lipinski definition) is 2. The van der Waals surface area contributed by atoms with Gasteiger partial charge in [-0.1, -0.05) is 52.4 Å². The molecular formula is C17H34N2. The quantitative estimate of drug-likeness (QED) is 0.576. The Kier molecular flexibility index (Phi) is 6.15. The van der Waals surface area contributed by atoms with Crippen molar-refractivity contribution in [2.24, 2.45) is 29.5 Å². The van der Waals surface area contributed by atoms with Crippen LogP contribution in [0.25, 0.3) is 0 Å². The van der Waals surface area contributed by atoms with Gasteiger partial charge in [0.15, 0.2) is 0 Å². The third kappa shape index (κ3) is 3.95. The highest BCUT2D eigenvalue weighted by molar-refractivity contribution is 4.88. The molecule has 112 valence electrons. The lowest BCUT2D eigenvalue weighted by molar-refractivity contribution is 0.131. The molecule has 3 unspecified atom stereocenters. The largest absolute Gasteiger partial charge is 0.271 e. The topological polar surface area (TPSA) is 38.0 Å². The maximum absolute atomic E-state index is 5.94. The molecule has 0 aromatic rings. The molecule has 19 heavy (non-hydrogen) atoms. The van der Waals surface area contributed by atoms with Crippen molar-refractivity contribution in [1.29, 1.82) is 0 Å². The second kappa shape index (κ2) is 7.64. The first-order valence-corrected chi connectivity index (χ1v) is 8.74. The summed E-state index contributed by atoms with van der Waals surface area (Å²) >= 11 is 0. The van der Waals surface area contributed by atoms with E-state index in [2.05, 4.69) is 19.3 Å². The first-order chi connectivity index (χ1) is 9.28. The van der Waals surface area contributed by atoms with Crippen molar-refractivity contribution in [2.45, 2.75) is 84.1 Å². The Bertz CT molecular complexity index is 246. The zero-order valence-electron chi connectivity index (χ0n) is 13.0. The molecule has 0 spiro atoms. The van der Waals surface area contributed by atoms with Gasteiger partial charge in [-0.15, -0.1) is 0 Å². The van der Waals surface area contributed by atoms with Crippen LogP contribution in [0.4, 0.5) is 0 Å². The number of hydrazine groups is 1. The molecule has 0 amide bonds. The minimum Gasteiger partial charge on any atom is -0.271 e. The van der Waals surface area contributed by atoms with Crippen LogP contribution in [-0.2, 0) is 0 Å². The summed E-state index contributed by atoms with van der Waals surface area (Å²) in [5.41, 5.74) is 3.22. The van der Waals surface area contributed by atoms with Crippen LogP contribution in [0.5, 0.6) is 0 Å². The van der Waals surface area contributed by atoms with E-state index < -0.39 is 0 Å². The Morgan fingerprint density at radius 2 is 1.58 bits per heavy atom. The fraction of sp³-hybridized carbons (Fsp3) is 1.00. The van der Waals surface area contributed by atoms with Crippen molar-refractivity contribution < 1.29 is 0 Å². The molecular weight excluding hydrogens is 232 g/mol. The monoisotopic (exact) mass is 266 g/mol. The first kappa shape index (κ1) is 15.3.